The number of alkyl halides is 3. The number of hydrogen-bond donors (Lipinski definition) is 4. The van der Waals surface area contributed by atoms with Gasteiger partial charge in [0, 0.05) is 5.38 Å². The number of rotatable bonds is 6. The molecule has 1 aromatic heterocycles. The third kappa shape index (κ3) is 5.43. The summed E-state index contributed by atoms with van der Waals surface area (Å²) in [6.45, 7) is -1.73. The van der Waals surface area contributed by atoms with Crippen LogP contribution in [-0.2, 0) is 16.1 Å². The first-order valence-electron chi connectivity index (χ1n) is 8.54. The third-order valence-corrected chi connectivity index (χ3v) is 4.70. The lowest BCUT2D eigenvalue weighted by molar-refractivity contribution is -0.174. The molecule has 15 heteroatoms. The number of halogens is 3. The van der Waals surface area contributed by atoms with E-state index in [0.29, 0.717) is 5.56 Å². The Balaban J connectivity index is 1.80. The number of carbonyl (C=O) groups is 2. The molecule has 0 bridgehead atoms. The number of aromatic carboxylic acids is 1. The average Bonchev–Trinajstić information content (AvgIpc) is 3.10. The number of fused-ring (bicyclic) bond motifs is 1. The van der Waals surface area contributed by atoms with Crippen molar-refractivity contribution < 1.29 is 42.4 Å². The molecule has 0 unspecified atom stereocenters. The second-order valence-corrected chi connectivity index (χ2v) is 7.18. The SMILES string of the molecule is Nc1nc(/C(=N/OCC(F)(F)F)C(=O)N[C@H]2Cc3cccc(C(=O)O)c3OB2O)cs1. The van der Waals surface area contributed by atoms with Gasteiger partial charge in [0.1, 0.15) is 11.4 Å². The zero-order valence-corrected chi connectivity index (χ0v) is 16.2. The number of anilines is 1. The van der Waals surface area contributed by atoms with Crippen LogP contribution in [0.4, 0.5) is 18.3 Å². The van der Waals surface area contributed by atoms with Crippen molar-refractivity contribution in [2.45, 2.75) is 18.5 Å². The number of amides is 1. The lowest BCUT2D eigenvalue weighted by atomic mass is 9.72. The summed E-state index contributed by atoms with van der Waals surface area (Å²) in [6.07, 6.45) is -4.69. The van der Waals surface area contributed by atoms with Gasteiger partial charge in [0.05, 0.1) is 11.5 Å². The summed E-state index contributed by atoms with van der Waals surface area (Å²) < 4.78 is 42.3. The predicted molar refractivity (Wildman–Crippen MR) is 103 cm³/mol. The lowest BCUT2D eigenvalue weighted by Crippen LogP contribution is -2.54. The smallest absolute Gasteiger partial charge is 0.534 e. The van der Waals surface area contributed by atoms with Gasteiger partial charge in [-0.2, -0.15) is 13.2 Å². The van der Waals surface area contributed by atoms with Crippen molar-refractivity contribution in [3.05, 3.63) is 40.4 Å². The largest absolute Gasteiger partial charge is 0.547 e. The molecule has 0 saturated heterocycles. The van der Waals surface area contributed by atoms with Crippen LogP contribution < -0.4 is 15.7 Å². The first-order valence-corrected chi connectivity index (χ1v) is 9.42. The van der Waals surface area contributed by atoms with Gasteiger partial charge in [0.25, 0.3) is 5.91 Å². The van der Waals surface area contributed by atoms with Crippen LogP contribution in [0.2, 0.25) is 0 Å². The van der Waals surface area contributed by atoms with E-state index in [9.17, 15) is 32.9 Å². The van der Waals surface area contributed by atoms with E-state index < -0.39 is 43.4 Å². The third-order valence-electron chi connectivity index (χ3n) is 4.03. The standard InChI is InChI=1S/C16H14BF3N4O6S/c18-16(19,20)6-29-24-11(9-5-31-15(21)22-9)13(25)23-10-4-7-2-1-3-8(14(26)27)12(7)30-17(10)28/h1-3,5,10,28H,4,6H2,(H2,21,22)(H,23,25)(H,26,27)/b24-11-/t10-/m0/s1. The molecule has 5 N–H and O–H groups in total. The van der Waals surface area contributed by atoms with Crippen LogP contribution in [0.25, 0.3) is 0 Å². The molecule has 2 aromatic rings. The molecule has 0 spiro atoms. The molecule has 2 heterocycles. The van der Waals surface area contributed by atoms with Crippen molar-refractivity contribution in [3.63, 3.8) is 0 Å². The molecule has 3 rings (SSSR count). The quantitative estimate of drug-likeness (QED) is 0.282. The fourth-order valence-electron chi connectivity index (χ4n) is 2.72. The molecule has 1 aromatic carbocycles. The van der Waals surface area contributed by atoms with E-state index in [1.807, 2.05) is 0 Å². The number of oxime groups is 1. The van der Waals surface area contributed by atoms with Crippen LogP contribution in [0.1, 0.15) is 21.6 Å². The van der Waals surface area contributed by atoms with Gasteiger partial charge in [-0.15, -0.1) is 11.3 Å². The van der Waals surface area contributed by atoms with Crippen molar-refractivity contribution in [2.24, 2.45) is 5.16 Å². The van der Waals surface area contributed by atoms with Gasteiger partial charge in [-0.3, -0.25) is 4.79 Å². The maximum atomic E-state index is 12.7. The summed E-state index contributed by atoms with van der Waals surface area (Å²) in [5, 5.41) is 26.4. The molecule has 1 atom stereocenters. The Kier molecular flexibility index (Phi) is 6.36. The number of nitrogens with one attached hydrogen (secondary N) is 1. The highest BCUT2D eigenvalue weighted by Crippen LogP contribution is 2.30. The molecule has 0 radical (unpaired) electrons. The number of carboxylic acid groups (broad SMARTS) is 1. The number of para-hydroxylation sites is 1. The minimum Gasteiger partial charge on any atom is -0.534 e. The number of thiazole rings is 1. The number of hydrogen-bond acceptors (Lipinski definition) is 9. The molecule has 1 aliphatic rings. The molecule has 10 nitrogen and oxygen atoms in total. The van der Waals surface area contributed by atoms with E-state index in [4.69, 9.17) is 10.4 Å². The van der Waals surface area contributed by atoms with E-state index >= 15 is 0 Å². The van der Waals surface area contributed by atoms with E-state index in [1.165, 1.54) is 17.5 Å². The van der Waals surface area contributed by atoms with Crippen LogP contribution in [0.3, 0.4) is 0 Å². The van der Waals surface area contributed by atoms with Gasteiger partial charge in [0.2, 0.25) is 6.61 Å². The van der Waals surface area contributed by atoms with Crippen LogP contribution in [-0.4, -0.2) is 58.5 Å². The van der Waals surface area contributed by atoms with E-state index in [2.05, 4.69) is 20.3 Å². The van der Waals surface area contributed by atoms with Gasteiger partial charge in [-0.05, 0) is 18.1 Å². The molecule has 0 fully saturated rings. The maximum absolute atomic E-state index is 12.7. The van der Waals surface area contributed by atoms with Gasteiger partial charge in [0.15, 0.2) is 10.8 Å². The number of carbonyl (C=O) groups excluding carboxylic acids is 1. The molecular weight excluding hydrogens is 444 g/mol. The second-order valence-electron chi connectivity index (χ2n) is 6.29. The molecule has 1 aliphatic heterocycles. The Bertz CT molecular complexity index is 1030. The minimum atomic E-state index is -4.68. The molecular formula is C16H14BF3N4O6S. The fourth-order valence-corrected chi connectivity index (χ4v) is 3.27. The highest BCUT2D eigenvalue weighted by atomic mass is 32.1. The molecule has 31 heavy (non-hydrogen) atoms. The fraction of sp³-hybridized carbons (Fsp3) is 0.250. The van der Waals surface area contributed by atoms with Crippen LogP contribution >= 0.6 is 11.3 Å². The van der Waals surface area contributed by atoms with Crippen molar-refractivity contribution >= 4 is 41.2 Å². The number of nitrogen functional groups attached to an aromatic ring is 1. The Morgan fingerprint density at radius 1 is 1.45 bits per heavy atom. The van der Waals surface area contributed by atoms with Crippen molar-refractivity contribution in [1.82, 2.24) is 10.3 Å². The zero-order chi connectivity index (χ0) is 22.8. The lowest BCUT2D eigenvalue weighted by Gasteiger charge is -2.28. The van der Waals surface area contributed by atoms with E-state index in [0.717, 1.165) is 11.3 Å². The number of carboxylic acids is 1. The summed E-state index contributed by atoms with van der Waals surface area (Å²) in [5.41, 5.74) is 5.03. The van der Waals surface area contributed by atoms with Gasteiger partial charge >= 0.3 is 19.3 Å². The molecule has 0 aliphatic carbocycles. The molecule has 0 saturated carbocycles. The summed E-state index contributed by atoms with van der Waals surface area (Å²) in [6, 6.07) is 4.32. The van der Waals surface area contributed by atoms with Gasteiger partial charge in [-0.25, -0.2) is 9.78 Å². The molecule has 1 amide bonds. The summed E-state index contributed by atoms with van der Waals surface area (Å²) in [7, 11) is -1.63. The number of benzene rings is 1. The minimum absolute atomic E-state index is 0.0146. The van der Waals surface area contributed by atoms with Crippen molar-refractivity contribution in [1.29, 1.82) is 0 Å². The average molecular weight is 458 g/mol. The Morgan fingerprint density at radius 3 is 2.81 bits per heavy atom. The van der Waals surface area contributed by atoms with Crippen LogP contribution in [0.5, 0.6) is 5.75 Å². The van der Waals surface area contributed by atoms with Crippen molar-refractivity contribution in [2.75, 3.05) is 12.3 Å². The topological polar surface area (TPSA) is 156 Å². The monoisotopic (exact) mass is 458 g/mol. The Labute approximate surface area is 176 Å². The first kappa shape index (κ1) is 22.4. The van der Waals surface area contributed by atoms with Crippen LogP contribution in [0.15, 0.2) is 28.7 Å². The summed E-state index contributed by atoms with van der Waals surface area (Å²) in [4.78, 5) is 32.0. The zero-order valence-electron chi connectivity index (χ0n) is 15.4. The Hall–Kier alpha value is -3.33. The molecule has 164 valence electrons. The second kappa shape index (κ2) is 8.81. The highest BCUT2D eigenvalue weighted by Gasteiger charge is 2.39. The van der Waals surface area contributed by atoms with Gasteiger partial charge < -0.3 is 30.7 Å². The number of nitrogens with zero attached hydrogens (tertiary/aromatic N) is 2. The highest BCUT2D eigenvalue weighted by molar-refractivity contribution is 7.13. The normalized spacial score (nSPS) is 16.3. The Morgan fingerprint density at radius 2 is 2.19 bits per heavy atom. The van der Waals surface area contributed by atoms with Crippen LogP contribution in [0, 0.1) is 0 Å². The summed E-state index contributed by atoms with van der Waals surface area (Å²) in [5.74, 6) is -3.36. The maximum Gasteiger partial charge on any atom is 0.547 e. The van der Waals surface area contributed by atoms with Gasteiger partial charge in [-0.1, -0.05) is 17.3 Å². The van der Waals surface area contributed by atoms with E-state index in [1.54, 1.807) is 6.07 Å². The van der Waals surface area contributed by atoms with Crippen molar-refractivity contribution in [3.8, 4) is 5.75 Å². The predicted octanol–water partition coefficient (Wildman–Crippen LogP) is 0.846. The number of nitrogens with two attached hydrogens (primary N) is 1. The van der Waals surface area contributed by atoms with E-state index in [-0.39, 0.29) is 28.6 Å². The summed E-state index contributed by atoms with van der Waals surface area (Å²) >= 11 is 0.929. The first-order chi connectivity index (χ1) is 14.5. The number of aromatic nitrogens is 1.